The molecule has 2 saturated heterocycles. The number of carbonyl (C=O) groups is 2. The Balaban J connectivity index is 1.44. The van der Waals surface area contributed by atoms with Gasteiger partial charge in [-0.15, -0.1) is 0 Å². The van der Waals surface area contributed by atoms with Gasteiger partial charge in [-0.2, -0.15) is 0 Å². The van der Waals surface area contributed by atoms with Crippen molar-refractivity contribution in [3.8, 4) is 5.75 Å². The third-order valence-corrected chi connectivity index (χ3v) is 7.87. The predicted molar refractivity (Wildman–Crippen MR) is 136 cm³/mol. The summed E-state index contributed by atoms with van der Waals surface area (Å²) in [5, 5.41) is 10.3. The number of aromatic hydroxyl groups is 1. The number of para-hydroxylation sites is 1. The van der Waals surface area contributed by atoms with Gasteiger partial charge in [0.1, 0.15) is 5.75 Å². The molecule has 1 N–H and O–H groups in total. The van der Waals surface area contributed by atoms with E-state index in [-0.39, 0.29) is 41.4 Å². The Morgan fingerprint density at radius 3 is 2.54 bits per heavy atom. The molecule has 0 aromatic heterocycles. The van der Waals surface area contributed by atoms with Crippen LogP contribution in [0.5, 0.6) is 5.75 Å². The van der Waals surface area contributed by atoms with Gasteiger partial charge in [-0.05, 0) is 54.5 Å². The predicted octanol–water partition coefficient (Wildman–Crippen LogP) is 5.46. The lowest BCUT2D eigenvalue weighted by Crippen LogP contribution is -2.34. The average molecular weight is 472 g/mol. The van der Waals surface area contributed by atoms with Crippen molar-refractivity contribution in [3.63, 3.8) is 0 Å². The molecule has 2 heterocycles. The first-order valence-corrected chi connectivity index (χ1v) is 12.7. The van der Waals surface area contributed by atoms with Gasteiger partial charge in [-0.1, -0.05) is 67.4 Å². The Morgan fingerprint density at radius 1 is 1.06 bits per heavy atom. The Bertz CT molecular complexity index is 1180. The highest BCUT2D eigenvalue weighted by atomic mass is 16.5. The van der Waals surface area contributed by atoms with E-state index in [9.17, 15) is 14.7 Å². The molecule has 2 aromatic carbocycles. The van der Waals surface area contributed by atoms with Gasteiger partial charge in [-0.25, -0.2) is 0 Å². The molecule has 2 amide bonds. The first-order chi connectivity index (χ1) is 17.0. The van der Waals surface area contributed by atoms with Crippen LogP contribution in [0.2, 0.25) is 0 Å². The molecule has 4 atom stereocenters. The number of phenols is 1. The van der Waals surface area contributed by atoms with Crippen molar-refractivity contribution in [2.45, 2.75) is 45.1 Å². The number of imide groups is 1. The van der Waals surface area contributed by atoms with Crippen LogP contribution >= 0.6 is 0 Å². The molecule has 1 aliphatic carbocycles. The lowest BCUT2D eigenvalue weighted by atomic mass is 9.68. The molecule has 0 spiro atoms. The summed E-state index contributed by atoms with van der Waals surface area (Å²) < 4.78 is 6.35. The molecule has 2 aliphatic heterocycles. The van der Waals surface area contributed by atoms with Crippen LogP contribution in [0.1, 0.15) is 50.2 Å². The summed E-state index contributed by atoms with van der Waals surface area (Å²) in [6, 6.07) is 17.6. The van der Waals surface area contributed by atoms with Gasteiger partial charge in [-0.3, -0.25) is 14.5 Å². The summed E-state index contributed by atoms with van der Waals surface area (Å²) in [5.74, 6) is -0.328. The molecule has 3 aliphatic rings. The van der Waals surface area contributed by atoms with Crippen LogP contribution in [0.4, 0.5) is 0 Å². The van der Waals surface area contributed by atoms with Crippen LogP contribution in [0.25, 0.3) is 11.6 Å². The van der Waals surface area contributed by atoms with E-state index >= 15 is 0 Å². The zero-order valence-corrected chi connectivity index (χ0v) is 20.4. The number of hydrogen-bond donors (Lipinski definition) is 1. The van der Waals surface area contributed by atoms with Crippen LogP contribution < -0.4 is 0 Å². The number of hydrogen-bond acceptors (Lipinski definition) is 4. The minimum Gasteiger partial charge on any atom is -0.507 e. The number of likely N-dealkylation sites (tertiary alicyclic amines) is 1. The highest BCUT2D eigenvalue weighted by Crippen LogP contribution is 2.50. The molecule has 5 nitrogen and oxygen atoms in total. The van der Waals surface area contributed by atoms with Gasteiger partial charge in [0.15, 0.2) is 0 Å². The van der Waals surface area contributed by atoms with E-state index in [0.29, 0.717) is 13.0 Å². The number of phenolic OH excluding ortho intramolecular Hbond substituents is 1. The number of amides is 2. The maximum atomic E-state index is 12.9. The Morgan fingerprint density at radius 2 is 1.80 bits per heavy atom. The maximum Gasteiger partial charge on any atom is 0.233 e. The molecule has 2 aromatic rings. The highest BCUT2D eigenvalue weighted by molar-refractivity contribution is 6.05. The largest absolute Gasteiger partial charge is 0.507 e. The van der Waals surface area contributed by atoms with E-state index in [4.69, 9.17) is 4.74 Å². The normalized spacial score (nSPS) is 26.3. The van der Waals surface area contributed by atoms with Crippen molar-refractivity contribution in [2.75, 3.05) is 13.7 Å². The van der Waals surface area contributed by atoms with Gasteiger partial charge in [0.25, 0.3) is 0 Å². The molecular formula is C30H33NO4. The van der Waals surface area contributed by atoms with Gasteiger partial charge < -0.3 is 9.84 Å². The van der Waals surface area contributed by atoms with Gasteiger partial charge in [0.2, 0.25) is 11.8 Å². The smallest absolute Gasteiger partial charge is 0.233 e. The standard InChI is InChI=1S/C30H33NO4/c1-3-9-22-17-23-28(30(34)31(2)29(23)33)24-18-35-26(27(22)24)15-14-20(19-10-5-4-6-11-19)16-21-12-7-8-13-25(21)32/h4-8,10-13,16,23-24,26,28,32H,3,9,14-15,17-18H2,1-2H3/b20-16-/t23-,24+,26-,28-/m1/s1. The molecular weight excluding hydrogens is 438 g/mol. The number of carbonyl (C=O) groups excluding carboxylic acids is 2. The summed E-state index contributed by atoms with van der Waals surface area (Å²) in [6.45, 7) is 2.67. The lowest BCUT2D eigenvalue weighted by molar-refractivity contribution is -0.138. The van der Waals surface area contributed by atoms with Crippen LogP contribution in [0, 0.1) is 17.8 Å². The van der Waals surface area contributed by atoms with Crippen LogP contribution in [0.3, 0.4) is 0 Å². The quantitative estimate of drug-likeness (QED) is 0.331. The van der Waals surface area contributed by atoms with Crippen LogP contribution in [-0.4, -0.2) is 41.6 Å². The Labute approximate surface area is 207 Å². The molecule has 0 saturated carbocycles. The highest BCUT2D eigenvalue weighted by Gasteiger charge is 2.55. The SMILES string of the molecule is CCCC1=C2[C@@H](CC/C(=C/c3ccccc3O)c3ccccc3)OC[C@@H]2[C@@H]2C(=O)N(C)C(=O)[C@@H]2C1. The van der Waals surface area contributed by atoms with E-state index in [1.807, 2.05) is 36.4 Å². The van der Waals surface area contributed by atoms with E-state index in [1.54, 1.807) is 13.1 Å². The van der Waals surface area contributed by atoms with Gasteiger partial charge in [0, 0.05) is 18.5 Å². The van der Waals surface area contributed by atoms with Crippen LogP contribution in [-0.2, 0) is 14.3 Å². The fraction of sp³-hybridized carbons (Fsp3) is 0.400. The molecule has 0 bridgehead atoms. The third-order valence-electron chi connectivity index (χ3n) is 7.87. The first kappa shape index (κ1) is 23.6. The fourth-order valence-corrected chi connectivity index (χ4v) is 6.20. The fourth-order valence-electron chi connectivity index (χ4n) is 6.20. The number of rotatable bonds is 7. The molecule has 5 rings (SSSR count). The summed E-state index contributed by atoms with van der Waals surface area (Å²) >= 11 is 0. The summed E-state index contributed by atoms with van der Waals surface area (Å²) in [6.07, 6.45) is 6.22. The number of allylic oxidation sites excluding steroid dienone is 2. The molecule has 0 unspecified atom stereocenters. The summed E-state index contributed by atoms with van der Waals surface area (Å²) in [4.78, 5) is 27.0. The second-order valence-corrected chi connectivity index (χ2v) is 9.94. The number of fused-ring (bicyclic) bond motifs is 3. The lowest BCUT2D eigenvalue weighted by Gasteiger charge is -2.32. The van der Waals surface area contributed by atoms with Gasteiger partial charge in [0.05, 0.1) is 24.5 Å². The molecule has 182 valence electrons. The number of ether oxygens (including phenoxy) is 1. The molecule has 0 radical (unpaired) electrons. The average Bonchev–Trinajstić information content (AvgIpc) is 3.39. The van der Waals surface area contributed by atoms with E-state index in [2.05, 4.69) is 25.1 Å². The van der Waals surface area contributed by atoms with Crippen molar-refractivity contribution in [1.82, 2.24) is 4.90 Å². The zero-order chi connectivity index (χ0) is 24.5. The Hall–Kier alpha value is -3.18. The second kappa shape index (κ2) is 9.82. The zero-order valence-electron chi connectivity index (χ0n) is 20.4. The molecule has 5 heteroatoms. The number of nitrogens with zero attached hydrogens (tertiary/aromatic N) is 1. The number of benzene rings is 2. The van der Waals surface area contributed by atoms with E-state index < -0.39 is 0 Å². The van der Waals surface area contributed by atoms with Gasteiger partial charge >= 0.3 is 0 Å². The molecule has 35 heavy (non-hydrogen) atoms. The minimum atomic E-state index is -0.279. The van der Waals surface area contributed by atoms with Crippen molar-refractivity contribution in [1.29, 1.82) is 0 Å². The van der Waals surface area contributed by atoms with Crippen molar-refractivity contribution >= 4 is 23.5 Å². The van der Waals surface area contributed by atoms with E-state index in [1.165, 1.54) is 16.0 Å². The summed E-state index contributed by atoms with van der Waals surface area (Å²) in [5.41, 5.74) is 5.65. The second-order valence-electron chi connectivity index (χ2n) is 9.94. The monoisotopic (exact) mass is 471 g/mol. The Kier molecular flexibility index (Phi) is 6.61. The van der Waals surface area contributed by atoms with E-state index in [0.717, 1.165) is 42.4 Å². The van der Waals surface area contributed by atoms with Crippen molar-refractivity contribution in [2.24, 2.45) is 17.8 Å². The minimum absolute atomic E-state index is 0.00372. The van der Waals surface area contributed by atoms with Crippen LogP contribution in [0.15, 0.2) is 65.7 Å². The van der Waals surface area contributed by atoms with Crippen molar-refractivity contribution in [3.05, 3.63) is 76.9 Å². The summed E-state index contributed by atoms with van der Waals surface area (Å²) in [7, 11) is 1.62. The third kappa shape index (κ3) is 4.34. The first-order valence-electron chi connectivity index (χ1n) is 12.7. The molecule has 2 fully saturated rings. The maximum absolute atomic E-state index is 12.9. The topological polar surface area (TPSA) is 66.8 Å². The van der Waals surface area contributed by atoms with Crippen molar-refractivity contribution < 1.29 is 19.4 Å².